The van der Waals surface area contributed by atoms with Crippen LogP contribution in [-0.2, 0) is 0 Å². The molecule has 21 heavy (non-hydrogen) atoms. The summed E-state index contributed by atoms with van der Waals surface area (Å²) in [5.41, 5.74) is 8.40. The van der Waals surface area contributed by atoms with Crippen LogP contribution in [0.3, 0.4) is 0 Å². The number of aryl methyl sites for hydroxylation is 1. The number of nitrogens with one attached hydrogen (secondary N) is 1. The molecule has 0 aliphatic carbocycles. The van der Waals surface area contributed by atoms with Crippen molar-refractivity contribution in [2.24, 2.45) is 0 Å². The highest BCUT2D eigenvalue weighted by Gasteiger charge is 2.15. The number of anilines is 2. The third-order valence-corrected chi connectivity index (χ3v) is 3.93. The van der Waals surface area contributed by atoms with E-state index in [0.29, 0.717) is 22.7 Å². The molecule has 6 heteroatoms. The summed E-state index contributed by atoms with van der Waals surface area (Å²) in [5, 5.41) is 2.84. The Morgan fingerprint density at radius 1 is 1.19 bits per heavy atom. The third kappa shape index (κ3) is 3.57. The number of hydrogen-bond donors (Lipinski definition) is 2. The van der Waals surface area contributed by atoms with Crippen LogP contribution in [0.5, 0.6) is 5.75 Å². The van der Waals surface area contributed by atoms with E-state index in [1.54, 1.807) is 24.3 Å². The summed E-state index contributed by atoms with van der Waals surface area (Å²) in [6.07, 6.45) is 0. The lowest BCUT2D eigenvalue weighted by Gasteiger charge is -2.14. The lowest BCUT2D eigenvalue weighted by atomic mass is 10.1. The number of hydrogen-bond acceptors (Lipinski definition) is 3. The highest BCUT2D eigenvalue weighted by Crippen LogP contribution is 2.30. The molecule has 1 amide bonds. The Kier molecular flexibility index (Phi) is 4.90. The molecule has 3 N–H and O–H groups in total. The Hall–Kier alpha value is -1.53. The number of benzene rings is 2. The molecule has 0 radical (unpaired) electrons. The van der Waals surface area contributed by atoms with Gasteiger partial charge < -0.3 is 15.8 Å². The SMILES string of the molecule is COc1cc(Br)ccc1C(=O)Nc1c(C)cc(Br)cc1N. The number of carbonyl (C=O) groups is 1. The van der Waals surface area contributed by atoms with Crippen molar-refractivity contribution in [2.75, 3.05) is 18.2 Å². The summed E-state index contributed by atoms with van der Waals surface area (Å²) in [7, 11) is 1.53. The van der Waals surface area contributed by atoms with Crippen molar-refractivity contribution < 1.29 is 9.53 Å². The van der Waals surface area contributed by atoms with Gasteiger partial charge in [-0.25, -0.2) is 0 Å². The predicted octanol–water partition coefficient (Wildman–Crippen LogP) is 4.36. The lowest BCUT2D eigenvalue weighted by Crippen LogP contribution is -2.15. The summed E-state index contributed by atoms with van der Waals surface area (Å²) in [4.78, 5) is 12.4. The smallest absolute Gasteiger partial charge is 0.259 e. The van der Waals surface area contributed by atoms with Gasteiger partial charge in [-0.05, 0) is 42.8 Å². The van der Waals surface area contributed by atoms with Crippen LogP contribution >= 0.6 is 31.9 Å². The Bertz CT molecular complexity index is 679. The molecule has 2 aromatic rings. The maximum atomic E-state index is 12.4. The summed E-state index contributed by atoms with van der Waals surface area (Å²) < 4.78 is 6.95. The molecule has 0 aliphatic heterocycles. The minimum absolute atomic E-state index is 0.267. The summed E-state index contributed by atoms with van der Waals surface area (Å²) in [6.45, 7) is 1.88. The molecule has 0 spiro atoms. The number of halogens is 2. The molecule has 0 aromatic heterocycles. The van der Waals surface area contributed by atoms with E-state index in [2.05, 4.69) is 37.2 Å². The molecular formula is C15H14Br2N2O2. The standard InChI is InChI=1S/C15H14Br2N2O2/c1-8-5-10(17)6-12(18)14(8)19-15(20)11-4-3-9(16)7-13(11)21-2/h3-7H,18H2,1-2H3,(H,19,20). The van der Waals surface area contributed by atoms with Gasteiger partial charge in [0.1, 0.15) is 5.75 Å². The third-order valence-electron chi connectivity index (χ3n) is 2.98. The van der Waals surface area contributed by atoms with Crippen LogP contribution in [0.4, 0.5) is 11.4 Å². The van der Waals surface area contributed by atoms with E-state index in [1.165, 1.54) is 7.11 Å². The minimum atomic E-state index is -0.267. The van der Waals surface area contributed by atoms with Gasteiger partial charge in [-0.1, -0.05) is 31.9 Å². The molecule has 4 nitrogen and oxygen atoms in total. The van der Waals surface area contributed by atoms with Crippen LogP contribution in [0, 0.1) is 6.92 Å². The number of ether oxygens (including phenoxy) is 1. The normalized spacial score (nSPS) is 10.3. The monoisotopic (exact) mass is 412 g/mol. The fraction of sp³-hybridized carbons (Fsp3) is 0.133. The van der Waals surface area contributed by atoms with E-state index < -0.39 is 0 Å². The Morgan fingerprint density at radius 2 is 1.90 bits per heavy atom. The first-order chi connectivity index (χ1) is 9.92. The van der Waals surface area contributed by atoms with Gasteiger partial charge in [0.15, 0.2) is 0 Å². The van der Waals surface area contributed by atoms with Gasteiger partial charge in [-0.2, -0.15) is 0 Å². The van der Waals surface area contributed by atoms with Crippen molar-refractivity contribution in [3.8, 4) is 5.75 Å². The number of carbonyl (C=O) groups excluding carboxylic acids is 1. The molecule has 0 heterocycles. The van der Waals surface area contributed by atoms with Crippen molar-refractivity contribution in [3.05, 3.63) is 50.4 Å². The Labute approximate surface area is 139 Å². The van der Waals surface area contributed by atoms with Gasteiger partial charge in [0, 0.05) is 8.95 Å². The number of nitrogen functional groups attached to an aromatic ring is 1. The summed E-state index contributed by atoms with van der Waals surface area (Å²) >= 11 is 6.72. The van der Waals surface area contributed by atoms with Crippen molar-refractivity contribution in [3.63, 3.8) is 0 Å². The molecule has 0 atom stereocenters. The fourth-order valence-electron chi connectivity index (χ4n) is 1.97. The molecule has 2 aromatic carbocycles. The van der Waals surface area contributed by atoms with Crippen LogP contribution in [-0.4, -0.2) is 13.0 Å². The highest BCUT2D eigenvalue weighted by atomic mass is 79.9. The van der Waals surface area contributed by atoms with Gasteiger partial charge in [0.2, 0.25) is 0 Å². The van der Waals surface area contributed by atoms with Crippen molar-refractivity contribution in [1.82, 2.24) is 0 Å². The molecule has 0 bridgehead atoms. The van der Waals surface area contributed by atoms with Crippen molar-refractivity contribution >= 4 is 49.1 Å². The molecule has 110 valence electrons. The second-order valence-corrected chi connectivity index (χ2v) is 6.32. The molecule has 0 unspecified atom stereocenters. The first-order valence-corrected chi connectivity index (χ1v) is 7.71. The van der Waals surface area contributed by atoms with Crippen LogP contribution in [0.2, 0.25) is 0 Å². The van der Waals surface area contributed by atoms with Crippen LogP contribution < -0.4 is 15.8 Å². The number of amides is 1. The van der Waals surface area contributed by atoms with E-state index in [4.69, 9.17) is 10.5 Å². The molecular weight excluding hydrogens is 400 g/mol. The lowest BCUT2D eigenvalue weighted by molar-refractivity contribution is 0.102. The number of nitrogens with two attached hydrogens (primary N) is 1. The van der Waals surface area contributed by atoms with E-state index in [0.717, 1.165) is 14.5 Å². The predicted molar refractivity (Wildman–Crippen MR) is 91.9 cm³/mol. The molecule has 2 rings (SSSR count). The highest BCUT2D eigenvalue weighted by molar-refractivity contribution is 9.10. The average molecular weight is 414 g/mol. The molecule has 0 aliphatic rings. The van der Waals surface area contributed by atoms with Crippen LogP contribution in [0.15, 0.2) is 39.3 Å². The van der Waals surface area contributed by atoms with Gasteiger partial charge >= 0.3 is 0 Å². The topological polar surface area (TPSA) is 64.3 Å². The van der Waals surface area contributed by atoms with Gasteiger partial charge in [0.25, 0.3) is 5.91 Å². The van der Waals surface area contributed by atoms with E-state index in [-0.39, 0.29) is 5.91 Å². The van der Waals surface area contributed by atoms with Crippen LogP contribution in [0.1, 0.15) is 15.9 Å². The van der Waals surface area contributed by atoms with E-state index in [9.17, 15) is 4.79 Å². The summed E-state index contributed by atoms with van der Waals surface area (Å²) in [5.74, 6) is 0.228. The average Bonchev–Trinajstić information content (AvgIpc) is 2.42. The minimum Gasteiger partial charge on any atom is -0.496 e. The number of rotatable bonds is 3. The van der Waals surface area contributed by atoms with Crippen LogP contribution in [0.25, 0.3) is 0 Å². The fourth-order valence-corrected chi connectivity index (χ4v) is 2.90. The van der Waals surface area contributed by atoms with Crippen molar-refractivity contribution in [1.29, 1.82) is 0 Å². The van der Waals surface area contributed by atoms with Gasteiger partial charge in [-0.3, -0.25) is 4.79 Å². The zero-order chi connectivity index (χ0) is 15.6. The second-order valence-electron chi connectivity index (χ2n) is 4.49. The quantitative estimate of drug-likeness (QED) is 0.734. The second kappa shape index (κ2) is 6.49. The molecule has 0 saturated heterocycles. The summed E-state index contributed by atoms with van der Waals surface area (Å²) in [6, 6.07) is 8.87. The van der Waals surface area contributed by atoms with E-state index in [1.807, 2.05) is 13.0 Å². The first-order valence-electron chi connectivity index (χ1n) is 6.13. The maximum Gasteiger partial charge on any atom is 0.259 e. The van der Waals surface area contributed by atoms with Gasteiger partial charge in [0.05, 0.1) is 24.0 Å². The zero-order valence-electron chi connectivity index (χ0n) is 11.5. The largest absolute Gasteiger partial charge is 0.496 e. The molecule has 0 saturated carbocycles. The first kappa shape index (κ1) is 15.9. The Balaban J connectivity index is 2.35. The zero-order valence-corrected chi connectivity index (χ0v) is 14.7. The van der Waals surface area contributed by atoms with E-state index >= 15 is 0 Å². The van der Waals surface area contributed by atoms with Gasteiger partial charge in [-0.15, -0.1) is 0 Å². The maximum absolute atomic E-state index is 12.4. The molecule has 0 fully saturated rings. The number of methoxy groups -OCH3 is 1. The van der Waals surface area contributed by atoms with Crippen molar-refractivity contribution in [2.45, 2.75) is 6.92 Å². The Morgan fingerprint density at radius 3 is 2.52 bits per heavy atom.